The van der Waals surface area contributed by atoms with Gasteiger partial charge in [0.25, 0.3) is 5.56 Å². The number of benzene rings is 3. The summed E-state index contributed by atoms with van der Waals surface area (Å²) in [7, 11) is 0. The number of fused-ring (bicyclic) bond motifs is 1. The van der Waals surface area contributed by atoms with Gasteiger partial charge >= 0.3 is 5.69 Å². The summed E-state index contributed by atoms with van der Waals surface area (Å²) in [6.07, 6.45) is 3.29. The summed E-state index contributed by atoms with van der Waals surface area (Å²) >= 11 is 0. The van der Waals surface area contributed by atoms with E-state index in [0.717, 1.165) is 81.0 Å². The number of halogens is 1. The van der Waals surface area contributed by atoms with Crippen molar-refractivity contribution in [2.24, 2.45) is 0 Å². The highest BCUT2D eigenvalue weighted by Gasteiger charge is 2.31. The van der Waals surface area contributed by atoms with Crippen LogP contribution < -0.4 is 16.0 Å². The molecule has 0 radical (unpaired) electrons. The molecule has 0 spiro atoms. The van der Waals surface area contributed by atoms with Crippen molar-refractivity contribution < 1.29 is 13.9 Å². The fourth-order valence-corrected chi connectivity index (χ4v) is 8.91. The third-order valence-corrected chi connectivity index (χ3v) is 12.6. The Balaban J connectivity index is 1.07. The normalized spacial score (nSPS) is 17.7. The molecule has 2 aliphatic rings. The molecule has 0 atom stereocenters. The van der Waals surface area contributed by atoms with Crippen LogP contribution in [0.2, 0.25) is 0 Å². The van der Waals surface area contributed by atoms with Gasteiger partial charge in [-0.25, -0.2) is 18.7 Å². The molecule has 1 aliphatic carbocycles. The topological polar surface area (TPSA) is 96.1 Å². The van der Waals surface area contributed by atoms with Gasteiger partial charge in [0.2, 0.25) is 5.91 Å². The number of aromatic nitrogens is 3. The van der Waals surface area contributed by atoms with Gasteiger partial charge in [0, 0.05) is 70.9 Å². The summed E-state index contributed by atoms with van der Waals surface area (Å²) in [6.45, 7) is 19.4. The number of rotatable bonds is 15. The third-order valence-electron chi connectivity index (χ3n) is 12.6. The van der Waals surface area contributed by atoms with Crippen molar-refractivity contribution in [2.75, 3.05) is 52.4 Å². The molecule has 11 nitrogen and oxygen atoms in total. The second-order valence-electron chi connectivity index (χ2n) is 16.6. The Hall–Kier alpha value is -5.17. The summed E-state index contributed by atoms with van der Waals surface area (Å²) in [5.41, 5.74) is 3.75. The number of amides is 1. The van der Waals surface area contributed by atoms with Gasteiger partial charge in [0.05, 0.1) is 17.3 Å². The van der Waals surface area contributed by atoms with Crippen molar-refractivity contribution in [3.8, 4) is 22.6 Å². The van der Waals surface area contributed by atoms with Crippen molar-refractivity contribution in [3.05, 3.63) is 123 Å². The second kappa shape index (κ2) is 19.5. The zero-order chi connectivity index (χ0) is 42.3. The molecule has 5 aromatic rings. The van der Waals surface area contributed by atoms with Crippen LogP contribution in [0.25, 0.3) is 27.8 Å². The van der Waals surface area contributed by atoms with Crippen LogP contribution in [0.1, 0.15) is 77.5 Å². The third kappa shape index (κ3) is 9.88. The van der Waals surface area contributed by atoms with Crippen molar-refractivity contribution in [1.82, 2.24) is 33.7 Å². The number of carbonyl (C=O) groups excluding carboxylic acids is 1. The van der Waals surface area contributed by atoms with E-state index in [1.807, 2.05) is 53.4 Å². The van der Waals surface area contributed by atoms with Gasteiger partial charge in [0.15, 0.2) is 5.65 Å². The molecule has 1 aliphatic heterocycles. The van der Waals surface area contributed by atoms with E-state index in [4.69, 9.17) is 4.74 Å². The quantitative estimate of drug-likeness (QED) is 0.110. The molecule has 3 aromatic carbocycles. The van der Waals surface area contributed by atoms with E-state index in [9.17, 15) is 18.8 Å². The second-order valence-corrected chi connectivity index (χ2v) is 16.6. The lowest BCUT2D eigenvalue weighted by Gasteiger charge is -2.37. The molecule has 2 aromatic heterocycles. The lowest BCUT2D eigenvalue weighted by molar-refractivity contribution is -0.132. The summed E-state index contributed by atoms with van der Waals surface area (Å²) in [5, 5.41) is 0.0477. The van der Waals surface area contributed by atoms with E-state index >= 15 is 0 Å². The van der Waals surface area contributed by atoms with E-state index in [2.05, 4.69) is 71.6 Å². The molecule has 60 heavy (non-hydrogen) atoms. The van der Waals surface area contributed by atoms with E-state index in [1.165, 1.54) is 20.8 Å². The molecule has 0 bridgehead atoms. The molecule has 0 N–H and O–H groups in total. The van der Waals surface area contributed by atoms with Crippen molar-refractivity contribution in [1.29, 1.82) is 0 Å². The predicted octanol–water partition coefficient (Wildman–Crippen LogP) is 7.13. The fraction of sp³-hybridized carbons (Fsp3) is 0.458. The SMILES string of the molecule is CCN(CC)CCOc1ccc(CN(C(C)=O)[C@H]2CC[C@@H](n3c(=O)c4cc(F)cnc4n(-c4cccc(-c5ccc(CN6CCN(C(C)C)CC6)cc5)c4)c3=O)CC2)cc1. The Labute approximate surface area is 353 Å². The first-order valence-corrected chi connectivity index (χ1v) is 21.7. The smallest absolute Gasteiger partial charge is 0.337 e. The van der Waals surface area contributed by atoms with Gasteiger partial charge in [-0.15, -0.1) is 0 Å². The van der Waals surface area contributed by atoms with Crippen LogP contribution in [0.3, 0.4) is 0 Å². The number of likely N-dealkylation sites (N-methyl/N-ethyl adjacent to an activating group) is 1. The molecule has 0 unspecified atom stereocenters. The molecule has 7 rings (SSSR count). The van der Waals surface area contributed by atoms with Crippen LogP contribution in [-0.2, 0) is 17.9 Å². The fourth-order valence-electron chi connectivity index (χ4n) is 8.91. The molecular formula is C48H60FN7O4. The number of pyridine rings is 1. The highest BCUT2D eigenvalue weighted by molar-refractivity contribution is 5.77. The van der Waals surface area contributed by atoms with Crippen LogP contribution in [-0.4, -0.2) is 104 Å². The largest absolute Gasteiger partial charge is 0.492 e. The van der Waals surface area contributed by atoms with Crippen molar-refractivity contribution >= 4 is 16.9 Å². The lowest BCUT2D eigenvalue weighted by atomic mass is 9.89. The average molecular weight is 818 g/mol. The molecule has 12 heteroatoms. The molecule has 1 saturated carbocycles. The number of nitrogens with zero attached hydrogens (tertiary/aromatic N) is 7. The first kappa shape index (κ1) is 42.9. The summed E-state index contributed by atoms with van der Waals surface area (Å²) in [6, 6.07) is 25.3. The van der Waals surface area contributed by atoms with Crippen LogP contribution in [0.4, 0.5) is 4.39 Å². The van der Waals surface area contributed by atoms with Gasteiger partial charge in [0.1, 0.15) is 18.2 Å². The minimum absolute atomic E-state index is 0.0283. The lowest BCUT2D eigenvalue weighted by Crippen LogP contribution is -2.48. The monoisotopic (exact) mass is 817 g/mol. The maximum absolute atomic E-state index is 14.7. The number of hydrogen-bond acceptors (Lipinski definition) is 8. The predicted molar refractivity (Wildman–Crippen MR) is 236 cm³/mol. The number of ether oxygens (including phenoxy) is 1. The van der Waals surface area contributed by atoms with E-state index < -0.39 is 23.1 Å². The molecule has 2 fully saturated rings. The van der Waals surface area contributed by atoms with Gasteiger partial charge in [-0.2, -0.15) is 0 Å². The van der Waals surface area contributed by atoms with Gasteiger partial charge in [-0.05, 0) is 105 Å². The first-order valence-electron chi connectivity index (χ1n) is 21.7. The standard InChI is InChI=1S/C48H60FN7O4/c1-6-51(7-2)27-28-60-44-21-13-37(14-22-44)33-54(35(5)57)41-17-19-42(20-18-41)56-47(58)45-30-40(49)31-50-46(45)55(48(56)59)43-10-8-9-39(29-43)38-15-11-36(12-16-38)32-52-23-25-53(26-24-52)34(3)4/h8-16,21-22,29-31,34,41-42H,6-7,17-20,23-28,32-33H2,1-5H3/t41-,42+. The number of piperazine rings is 1. The van der Waals surface area contributed by atoms with Crippen LogP contribution >= 0.6 is 0 Å². The van der Waals surface area contributed by atoms with Crippen LogP contribution in [0.5, 0.6) is 5.75 Å². The van der Waals surface area contributed by atoms with E-state index in [1.54, 1.807) is 6.92 Å². The zero-order valence-electron chi connectivity index (χ0n) is 35.9. The Bertz CT molecular complexity index is 2340. The van der Waals surface area contributed by atoms with Crippen LogP contribution in [0.15, 0.2) is 94.6 Å². The minimum Gasteiger partial charge on any atom is -0.492 e. The van der Waals surface area contributed by atoms with Crippen molar-refractivity contribution in [3.63, 3.8) is 0 Å². The minimum atomic E-state index is -0.646. The Kier molecular flexibility index (Phi) is 13.9. The van der Waals surface area contributed by atoms with Crippen LogP contribution in [0, 0.1) is 5.82 Å². The molecular weight excluding hydrogens is 758 g/mol. The van der Waals surface area contributed by atoms with E-state index in [-0.39, 0.29) is 23.0 Å². The summed E-state index contributed by atoms with van der Waals surface area (Å²) < 4.78 is 23.4. The molecule has 1 amide bonds. The summed E-state index contributed by atoms with van der Waals surface area (Å²) in [5.74, 6) is 0.122. The van der Waals surface area contributed by atoms with Gasteiger partial charge in [-0.1, -0.05) is 62.4 Å². The molecule has 318 valence electrons. The highest BCUT2D eigenvalue weighted by atomic mass is 19.1. The summed E-state index contributed by atoms with van der Waals surface area (Å²) in [4.78, 5) is 55.1. The Morgan fingerprint density at radius 1 is 0.867 bits per heavy atom. The number of carbonyl (C=O) groups is 1. The Morgan fingerprint density at radius 3 is 2.20 bits per heavy atom. The first-order chi connectivity index (χ1) is 29.0. The number of hydrogen-bond donors (Lipinski definition) is 0. The van der Waals surface area contributed by atoms with E-state index in [0.29, 0.717) is 50.6 Å². The Morgan fingerprint density at radius 2 is 1.55 bits per heavy atom. The molecule has 1 saturated heterocycles. The zero-order valence-corrected chi connectivity index (χ0v) is 35.9. The maximum Gasteiger partial charge on any atom is 0.337 e. The van der Waals surface area contributed by atoms with Gasteiger partial charge < -0.3 is 14.5 Å². The molecule has 3 heterocycles. The average Bonchev–Trinajstić information content (AvgIpc) is 3.26. The van der Waals surface area contributed by atoms with Gasteiger partial charge in [-0.3, -0.25) is 24.0 Å². The maximum atomic E-state index is 14.7. The highest BCUT2D eigenvalue weighted by Crippen LogP contribution is 2.32. The van der Waals surface area contributed by atoms with Crippen molar-refractivity contribution in [2.45, 2.75) is 91.5 Å².